The molecule has 0 aromatic carbocycles. The number of carbonyl (C=O) groups is 1. The van der Waals surface area contributed by atoms with Gasteiger partial charge in [0.2, 0.25) is 5.91 Å². The minimum Gasteiger partial charge on any atom is -0.394 e. The van der Waals surface area contributed by atoms with Crippen LogP contribution in [0.1, 0.15) is 25.7 Å². The van der Waals surface area contributed by atoms with E-state index in [9.17, 15) is 9.90 Å². The molecular formula is C12H22N2O3. The van der Waals surface area contributed by atoms with Crippen molar-refractivity contribution < 1.29 is 14.6 Å². The van der Waals surface area contributed by atoms with Crippen LogP contribution < -0.4 is 5.73 Å². The van der Waals surface area contributed by atoms with Crippen molar-refractivity contribution in [2.24, 2.45) is 11.1 Å². The van der Waals surface area contributed by atoms with Crippen molar-refractivity contribution in [3.8, 4) is 0 Å². The van der Waals surface area contributed by atoms with Gasteiger partial charge in [-0.2, -0.15) is 0 Å². The zero-order chi connectivity index (χ0) is 12.3. The van der Waals surface area contributed by atoms with Crippen LogP contribution >= 0.6 is 0 Å². The molecule has 5 heteroatoms. The molecule has 2 heterocycles. The number of hydrogen-bond donors (Lipinski definition) is 2. The van der Waals surface area contributed by atoms with Gasteiger partial charge >= 0.3 is 0 Å². The third kappa shape index (κ3) is 2.32. The largest absolute Gasteiger partial charge is 0.394 e. The smallest absolute Gasteiger partial charge is 0.230 e. The molecule has 5 nitrogen and oxygen atoms in total. The lowest BCUT2D eigenvalue weighted by Crippen LogP contribution is -2.52. The number of hydrogen-bond acceptors (Lipinski definition) is 4. The molecule has 0 bridgehead atoms. The lowest BCUT2D eigenvalue weighted by Gasteiger charge is -2.39. The number of aliphatic hydroxyl groups is 1. The summed E-state index contributed by atoms with van der Waals surface area (Å²) in [7, 11) is 0. The van der Waals surface area contributed by atoms with Gasteiger partial charge in [0.25, 0.3) is 0 Å². The molecule has 2 aliphatic rings. The first-order valence-corrected chi connectivity index (χ1v) is 6.43. The molecule has 1 amide bonds. The SMILES string of the molecule is NCC1(C(=O)N2CCC[C@@H]2CO)CCOCC1. The first kappa shape index (κ1) is 12.8. The lowest BCUT2D eigenvalue weighted by atomic mass is 9.78. The summed E-state index contributed by atoms with van der Waals surface area (Å²) in [6.07, 6.45) is 3.29. The number of likely N-dealkylation sites (tertiary alicyclic amines) is 1. The minimum atomic E-state index is -0.448. The highest BCUT2D eigenvalue weighted by atomic mass is 16.5. The third-order valence-corrected chi connectivity index (χ3v) is 4.14. The summed E-state index contributed by atoms with van der Waals surface area (Å²) in [5.74, 6) is 0.125. The van der Waals surface area contributed by atoms with Crippen molar-refractivity contribution in [2.45, 2.75) is 31.7 Å². The highest BCUT2D eigenvalue weighted by molar-refractivity contribution is 5.83. The quantitative estimate of drug-likeness (QED) is 0.714. The van der Waals surface area contributed by atoms with Crippen molar-refractivity contribution in [3.63, 3.8) is 0 Å². The first-order chi connectivity index (χ1) is 8.23. The van der Waals surface area contributed by atoms with Crippen LogP contribution in [0.5, 0.6) is 0 Å². The molecule has 0 aromatic rings. The molecule has 0 unspecified atom stereocenters. The number of aliphatic hydroxyl groups excluding tert-OH is 1. The summed E-state index contributed by atoms with van der Waals surface area (Å²) in [6.45, 7) is 2.42. The van der Waals surface area contributed by atoms with Gasteiger partial charge < -0.3 is 20.5 Å². The zero-order valence-electron chi connectivity index (χ0n) is 10.2. The topological polar surface area (TPSA) is 75.8 Å². The molecule has 2 fully saturated rings. The molecule has 17 heavy (non-hydrogen) atoms. The predicted molar refractivity (Wildman–Crippen MR) is 63.4 cm³/mol. The monoisotopic (exact) mass is 242 g/mol. The Morgan fingerprint density at radius 3 is 2.76 bits per heavy atom. The van der Waals surface area contributed by atoms with Gasteiger partial charge in [0.1, 0.15) is 0 Å². The Hall–Kier alpha value is -0.650. The number of rotatable bonds is 3. The summed E-state index contributed by atoms with van der Waals surface area (Å²) in [5, 5.41) is 9.29. The Morgan fingerprint density at radius 1 is 1.47 bits per heavy atom. The average molecular weight is 242 g/mol. The van der Waals surface area contributed by atoms with E-state index in [1.807, 2.05) is 4.90 Å². The van der Waals surface area contributed by atoms with E-state index in [2.05, 4.69) is 0 Å². The van der Waals surface area contributed by atoms with Crippen molar-refractivity contribution in [3.05, 3.63) is 0 Å². The number of nitrogens with zero attached hydrogens (tertiary/aromatic N) is 1. The average Bonchev–Trinajstić information content (AvgIpc) is 2.86. The number of carbonyl (C=O) groups excluding carboxylic acids is 1. The maximum absolute atomic E-state index is 12.6. The van der Waals surface area contributed by atoms with E-state index in [0.29, 0.717) is 32.6 Å². The minimum absolute atomic E-state index is 0.00577. The van der Waals surface area contributed by atoms with E-state index < -0.39 is 5.41 Å². The summed E-state index contributed by atoms with van der Waals surface area (Å²) < 4.78 is 5.32. The highest BCUT2D eigenvalue weighted by Gasteiger charge is 2.44. The summed E-state index contributed by atoms with van der Waals surface area (Å²) in [6, 6.07) is -0.00577. The van der Waals surface area contributed by atoms with Crippen LogP contribution in [0.25, 0.3) is 0 Å². The van der Waals surface area contributed by atoms with Gasteiger partial charge in [-0.25, -0.2) is 0 Å². The van der Waals surface area contributed by atoms with E-state index in [0.717, 1.165) is 19.4 Å². The molecule has 98 valence electrons. The zero-order valence-corrected chi connectivity index (χ0v) is 10.2. The van der Waals surface area contributed by atoms with Crippen LogP contribution in [0.4, 0.5) is 0 Å². The fraction of sp³-hybridized carbons (Fsp3) is 0.917. The molecule has 2 rings (SSSR count). The Labute approximate surface area is 102 Å². The summed E-state index contributed by atoms with van der Waals surface area (Å²) in [4.78, 5) is 14.4. The molecular weight excluding hydrogens is 220 g/mol. The van der Waals surface area contributed by atoms with Gasteiger partial charge in [0.15, 0.2) is 0 Å². The predicted octanol–water partition coefficient (Wildman–Crippen LogP) is -0.275. The van der Waals surface area contributed by atoms with E-state index in [4.69, 9.17) is 10.5 Å². The fourth-order valence-electron chi connectivity index (χ4n) is 2.86. The highest BCUT2D eigenvalue weighted by Crippen LogP contribution is 2.34. The molecule has 0 aromatic heterocycles. The second-order valence-electron chi connectivity index (χ2n) is 5.07. The Morgan fingerprint density at radius 2 is 2.18 bits per heavy atom. The number of nitrogens with two attached hydrogens (primary N) is 1. The molecule has 1 atom stereocenters. The van der Waals surface area contributed by atoms with E-state index >= 15 is 0 Å². The van der Waals surface area contributed by atoms with Gasteiger partial charge in [0.05, 0.1) is 18.1 Å². The number of amides is 1. The maximum atomic E-state index is 12.6. The molecule has 0 spiro atoms. The van der Waals surface area contributed by atoms with E-state index in [1.54, 1.807) is 0 Å². The van der Waals surface area contributed by atoms with Gasteiger partial charge in [0, 0.05) is 26.3 Å². The van der Waals surface area contributed by atoms with Crippen molar-refractivity contribution >= 4 is 5.91 Å². The Bertz CT molecular complexity index is 277. The molecule has 0 radical (unpaired) electrons. The Kier molecular flexibility index (Phi) is 4.01. The first-order valence-electron chi connectivity index (χ1n) is 6.43. The standard InChI is InChI=1S/C12H22N2O3/c13-9-12(3-6-17-7-4-12)11(16)14-5-1-2-10(14)8-15/h10,15H,1-9,13H2/t10-/m1/s1. The van der Waals surface area contributed by atoms with Crippen LogP contribution in [0.2, 0.25) is 0 Å². The lowest BCUT2D eigenvalue weighted by molar-refractivity contribution is -0.148. The normalized spacial score (nSPS) is 28.4. The van der Waals surface area contributed by atoms with Crippen molar-refractivity contribution in [1.82, 2.24) is 4.90 Å². The fourth-order valence-corrected chi connectivity index (χ4v) is 2.86. The van der Waals surface area contributed by atoms with Crippen LogP contribution in [-0.2, 0) is 9.53 Å². The van der Waals surface area contributed by atoms with Crippen molar-refractivity contribution in [2.75, 3.05) is 32.9 Å². The van der Waals surface area contributed by atoms with Gasteiger partial charge in [-0.15, -0.1) is 0 Å². The second-order valence-corrected chi connectivity index (χ2v) is 5.07. The van der Waals surface area contributed by atoms with Crippen LogP contribution in [-0.4, -0.2) is 54.9 Å². The van der Waals surface area contributed by atoms with Crippen LogP contribution in [0, 0.1) is 5.41 Å². The summed E-state index contributed by atoms with van der Waals surface area (Å²) in [5.41, 5.74) is 5.38. The van der Waals surface area contributed by atoms with E-state index in [1.165, 1.54) is 0 Å². The van der Waals surface area contributed by atoms with Crippen molar-refractivity contribution in [1.29, 1.82) is 0 Å². The molecule has 0 saturated carbocycles. The van der Waals surface area contributed by atoms with Crippen LogP contribution in [0.15, 0.2) is 0 Å². The van der Waals surface area contributed by atoms with E-state index in [-0.39, 0.29) is 18.6 Å². The maximum Gasteiger partial charge on any atom is 0.230 e. The molecule has 2 aliphatic heterocycles. The van der Waals surface area contributed by atoms with Gasteiger partial charge in [-0.3, -0.25) is 4.79 Å². The van der Waals surface area contributed by atoms with Gasteiger partial charge in [-0.1, -0.05) is 0 Å². The third-order valence-electron chi connectivity index (χ3n) is 4.14. The molecule has 2 saturated heterocycles. The van der Waals surface area contributed by atoms with Gasteiger partial charge in [-0.05, 0) is 25.7 Å². The molecule has 3 N–H and O–H groups in total. The second kappa shape index (κ2) is 5.33. The number of ether oxygens (including phenoxy) is 1. The summed E-state index contributed by atoms with van der Waals surface area (Å²) >= 11 is 0. The molecule has 0 aliphatic carbocycles. The Balaban J connectivity index is 2.10. The van der Waals surface area contributed by atoms with Crippen LogP contribution in [0.3, 0.4) is 0 Å².